The van der Waals surface area contributed by atoms with Crippen molar-refractivity contribution in [1.82, 2.24) is 0 Å². The number of hydrogen-bond donors (Lipinski definition) is 0. The number of alkyl halides is 7. The van der Waals surface area contributed by atoms with Crippen LogP contribution in [-0.4, -0.2) is 6.36 Å². The average Bonchev–Trinajstić information content (AvgIpc) is 2.74. The lowest BCUT2D eigenvalue weighted by Gasteiger charge is -2.21. The van der Waals surface area contributed by atoms with Crippen LogP contribution >= 0.6 is 0 Å². The van der Waals surface area contributed by atoms with Gasteiger partial charge in [0.25, 0.3) is 0 Å². The molecule has 0 heterocycles. The van der Waals surface area contributed by atoms with Crippen molar-refractivity contribution in [3.8, 4) is 17.2 Å². The minimum atomic E-state index is -5.47. The van der Waals surface area contributed by atoms with E-state index >= 15 is 0 Å². The second-order valence-electron chi connectivity index (χ2n) is 7.31. The van der Waals surface area contributed by atoms with Crippen LogP contribution in [0.2, 0.25) is 0 Å². The molecule has 0 spiro atoms. The number of benzene rings is 3. The van der Waals surface area contributed by atoms with Gasteiger partial charge in [0.05, 0.1) is 5.56 Å². The Morgan fingerprint density at radius 2 is 1.08 bits per heavy atom. The molecular weight excluding hydrogens is 533 g/mol. The van der Waals surface area contributed by atoms with Crippen molar-refractivity contribution in [3.63, 3.8) is 0 Å². The molecular formula is C23H13F11O3. The van der Waals surface area contributed by atoms with Gasteiger partial charge in [0.1, 0.15) is 28.7 Å². The zero-order valence-corrected chi connectivity index (χ0v) is 18.2. The topological polar surface area (TPSA) is 27.7 Å². The van der Waals surface area contributed by atoms with Crippen molar-refractivity contribution in [2.45, 2.75) is 31.9 Å². The van der Waals surface area contributed by atoms with Crippen molar-refractivity contribution in [3.05, 3.63) is 88.5 Å². The maximum atomic E-state index is 14.4. The first-order valence-electron chi connectivity index (χ1n) is 9.99. The van der Waals surface area contributed by atoms with Crippen LogP contribution in [0.4, 0.5) is 48.3 Å². The minimum Gasteiger partial charge on any atom is -0.429 e. The van der Waals surface area contributed by atoms with E-state index in [1.54, 1.807) is 0 Å². The zero-order valence-electron chi connectivity index (χ0n) is 18.2. The summed E-state index contributed by atoms with van der Waals surface area (Å²) in [6.45, 7) is 1.54. The highest BCUT2D eigenvalue weighted by molar-refractivity contribution is 5.37. The van der Waals surface area contributed by atoms with Crippen molar-refractivity contribution < 1.29 is 62.5 Å². The van der Waals surface area contributed by atoms with E-state index in [1.807, 2.05) is 0 Å². The summed E-state index contributed by atoms with van der Waals surface area (Å²) in [5.74, 6) is -11.1. The van der Waals surface area contributed by atoms with Gasteiger partial charge >= 0.3 is 18.6 Å². The van der Waals surface area contributed by atoms with Gasteiger partial charge in [0, 0.05) is 12.1 Å². The lowest BCUT2D eigenvalue weighted by Crippen LogP contribution is -2.26. The van der Waals surface area contributed by atoms with Gasteiger partial charge in [-0.05, 0) is 48.4 Å². The molecule has 0 aliphatic heterocycles. The van der Waals surface area contributed by atoms with E-state index in [2.05, 4.69) is 14.2 Å². The number of hydrogen-bond acceptors (Lipinski definition) is 3. The van der Waals surface area contributed by atoms with Crippen LogP contribution in [0, 0.1) is 23.3 Å². The van der Waals surface area contributed by atoms with Crippen LogP contribution in [0.15, 0.2) is 48.5 Å². The first-order chi connectivity index (χ1) is 17.0. The molecule has 0 N–H and O–H groups in total. The molecule has 0 unspecified atom stereocenters. The standard InChI is InChI=1S/C23H13F11O3/c1-2-11-7-15(24)19(16(25)8-11)22(30,31)35-13-5-3-12(4-6-13)21(28,29)36-14-9-17(26)20(18(27)10-14)37-23(32,33)34/h3-10H,2H2,1H3. The first kappa shape index (κ1) is 27.9. The summed E-state index contributed by atoms with van der Waals surface area (Å²) in [6, 6.07) is 3.49. The van der Waals surface area contributed by atoms with E-state index in [4.69, 9.17) is 0 Å². The molecule has 37 heavy (non-hydrogen) atoms. The lowest BCUT2D eigenvalue weighted by molar-refractivity contribution is -0.276. The minimum absolute atomic E-state index is 0.00298. The van der Waals surface area contributed by atoms with E-state index in [-0.39, 0.29) is 24.1 Å². The molecule has 14 heteroatoms. The molecule has 0 amide bonds. The van der Waals surface area contributed by atoms with Crippen molar-refractivity contribution in [2.75, 3.05) is 0 Å². The van der Waals surface area contributed by atoms with E-state index < -0.39 is 70.2 Å². The average molecular weight is 546 g/mol. The summed E-state index contributed by atoms with van der Waals surface area (Å²) in [7, 11) is 0. The van der Waals surface area contributed by atoms with Crippen LogP contribution in [0.25, 0.3) is 0 Å². The second-order valence-corrected chi connectivity index (χ2v) is 7.31. The highest BCUT2D eigenvalue weighted by atomic mass is 19.4. The predicted molar refractivity (Wildman–Crippen MR) is 104 cm³/mol. The van der Waals surface area contributed by atoms with E-state index in [0.29, 0.717) is 36.4 Å². The van der Waals surface area contributed by atoms with Crippen LogP contribution in [-0.2, 0) is 18.6 Å². The fourth-order valence-electron chi connectivity index (χ4n) is 3.04. The van der Waals surface area contributed by atoms with E-state index in [0.717, 1.165) is 0 Å². The van der Waals surface area contributed by atoms with Gasteiger partial charge in [-0.1, -0.05) is 6.92 Å². The SMILES string of the molecule is CCc1cc(F)c(C(F)(F)Oc2ccc(C(F)(F)Oc3cc(F)c(OC(F)(F)F)c(F)c3)cc2)c(F)c1. The maximum absolute atomic E-state index is 14.4. The summed E-state index contributed by atoms with van der Waals surface area (Å²) in [5, 5.41) is 0. The van der Waals surface area contributed by atoms with Gasteiger partial charge in [0.2, 0.25) is 5.75 Å². The van der Waals surface area contributed by atoms with Crippen LogP contribution < -0.4 is 14.2 Å². The number of halogens is 11. The van der Waals surface area contributed by atoms with Gasteiger partial charge in [0.15, 0.2) is 11.6 Å². The summed E-state index contributed by atoms with van der Waals surface area (Å²) in [4.78, 5) is 0. The Morgan fingerprint density at radius 3 is 1.54 bits per heavy atom. The van der Waals surface area contributed by atoms with E-state index in [1.165, 1.54) is 6.92 Å². The van der Waals surface area contributed by atoms with Gasteiger partial charge in [-0.15, -0.1) is 13.2 Å². The monoisotopic (exact) mass is 546 g/mol. The van der Waals surface area contributed by atoms with Crippen LogP contribution in [0.1, 0.15) is 23.6 Å². The Labute approximate surface area is 201 Å². The number of aryl methyl sites for hydroxylation is 1. The van der Waals surface area contributed by atoms with Crippen LogP contribution in [0.3, 0.4) is 0 Å². The molecule has 0 aliphatic rings. The quantitative estimate of drug-likeness (QED) is 0.269. The fraction of sp³-hybridized carbons (Fsp3) is 0.217. The lowest BCUT2D eigenvalue weighted by atomic mass is 10.1. The molecule has 0 saturated carbocycles. The molecule has 200 valence electrons. The largest absolute Gasteiger partial charge is 0.573 e. The third kappa shape index (κ3) is 6.54. The summed E-state index contributed by atoms with van der Waals surface area (Å²) in [6.07, 6.45) is -14.2. The Balaban J connectivity index is 1.79. The number of ether oxygens (including phenoxy) is 3. The van der Waals surface area contributed by atoms with E-state index in [9.17, 15) is 48.3 Å². The Morgan fingerprint density at radius 1 is 0.595 bits per heavy atom. The molecule has 3 nitrogen and oxygen atoms in total. The fourth-order valence-corrected chi connectivity index (χ4v) is 3.04. The normalized spacial score (nSPS) is 12.4. The molecule has 0 aliphatic carbocycles. The molecule has 3 aromatic rings. The molecule has 0 fully saturated rings. The molecule has 0 bridgehead atoms. The molecule has 3 rings (SSSR count). The third-order valence-electron chi connectivity index (χ3n) is 4.67. The molecule has 0 radical (unpaired) electrons. The first-order valence-corrected chi connectivity index (χ1v) is 9.99. The Bertz CT molecular complexity index is 1230. The van der Waals surface area contributed by atoms with Crippen molar-refractivity contribution in [1.29, 1.82) is 0 Å². The van der Waals surface area contributed by atoms with Gasteiger partial charge in [-0.2, -0.15) is 17.6 Å². The third-order valence-corrected chi connectivity index (χ3v) is 4.67. The highest BCUT2D eigenvalue weighted by Crippen LogP contribution is 2.39. The predicted octanol–water partition coefficient (Wildman–Crippen LogP) is 7.96. The van der Waals surface area contributed by atoms with Gasteiger partial charge in [-0.25, -0.2) is 17.6 Å². The summed E-state index contributed by atoms with van der Waals surface area (Å²) in [5.41, 5.74) is -2.67. The molecule has 0 saturated heterocycles. The molecule has 3 aromatic carbocycles. The molecule has 0 aromatic heterocycles. The number of rotatable bonds is 8. The smallest absolute Gasteiger partial charge is 0.429 e. The Kier molecular flexibility index (Phi) is 7.52. The maximum Gasteiger partial charge on any atom is 0.573 e. The van der Waals surface area contributed by atoms with Crippen LogP contribution in [0.5, 0.6) is 17.2 Å². The summed E-state index contributed by atoms with van der Waals surface area (Å²) >= 11 is 0. The van der Waals surface area contributed by atoms with Gasteiger partial charge < -0.3 is 14.2 Å². The Hall–Kier alpha value is -3.71. The second kappa shape index (κ2) is 9.98. The zero-order chi connectivity index (χ0) is 27.8. The van der Waals surface area contributed by atoms with Gasteiger partial charge in [-0.3, -0.25) is 0 Å². The van der Waals surface area contributed by atoms with Crippen molar-refractivity contribution in [2.24, 2.45) is 0 Å². The summed E-state index contributed by atoms with van der Waals surface area (Å²) < 4.78 is 161. The molecule has 0 atom stereocenters. The highest BCUT2D eigenvalue weighted by Gasteiger charge is 2.42. The van der Waals surface area contributed by atoms with Crippen molar-refractivity contribution >= 4 is 0 Å².